The zero-order chi connectivity index (χ0) is 35.8. The zero-order valence-corrected chi connectivity index (χ0v) is 29.1. The molecule has 0 saturated carbocycles. The van der Waals surface area contributed by atoms with Crippen LogP contribution in [0.15, 0.2) is 78.9 Å². The summed E-state index contributed by atoms with van der Waals surface area (Å²) in [7, 11) is 0. The second-order valence-electron chi connectivity index (χ2n) is 15.3. The fourth-order valence-corrected chi connectivity index (χ4v) is 7.74. The van der Waals surface area contributed by atoms with Crippen LogP contribution in [0.1, 0.15) is 104 Å². The summed E-state index contributed by atoms with van der Waals surface area (Å²) < 4.78 is 85.5. The number of allylic oxidation sites excluding steroid dienone is 4. The molecule has 6 heteroatoms. The van der Waals surface area contributed by atoms with E-state index in [9.17, 15) is 26.3 Å². The van der Waals surface area contributed by atoms with Gasteiger partial charge in [-0.1, -0.05) is 90.1 Å². The molecule has 0 N–H and O–H groups in total. The largest absolute Gasteiger partial charge is 0.416 e. The van der Waals surface area contributed by atoms with Crippen LogP contribution in [0.4, 0.5) is 26.3 Å². The monoisotopic (exact) mass is 670 g/mol. The summed E-state index contributed by atoms with van der Waals surface area (Å²) in [6, 6.07) is 14.3. The molecule has 0 bridgehead atoms. The Morgan fingerprint density at radius 2 is 1.27 bits per heavy atom. The fraction of sp³-hybridized carbons (Fsp3) is 0.302. The molecule has 2 aliphatic carbocycles. The van der Waals surface area contributed by atoms with Crippen molar-refractivity contribution in [3.05, 3.63) is 155 Å². The molecule has 0 saturated heterocycles. The molecule has 254 valence electrons. The predicted molar refractivity (Wildman–Crippen MR) is 186 cm³/mol. The fourth-order valence-electron chi connectivity index (χ4n) is 7.74. The average molecular weight is 671 g/mol. The highest BCUT2D eigenvalue weighted by molar-refractivity contribution is 5.86. The van der Waals surface area contributed by atoms with Gasteiger partial charge in [0.05, 0.1) is 11.1 Å². The Balaban J connectivity index is 2.01. The van der Waals surface area contributed by atoms with Gasteiger partial charge < -0.3 is 0 Å². The topological polar surface area (TPSA) is 0 Å². The van der Waals surface area contributed by atoms with E-state index >= 15 is 0 Å². The minimum atomic E-state index is -4.65. The molecule has 0 nitrogen and oxygen atoms in total. The van der Waals surface area contributed by atoms with Gasteiger partial charge in [-0.3, -0.25) is 0 Å². The van der Waals surface area contributed by atoms with E-state index in [1.165, 1.54) is 12.1 Å². The number of rotatable bonds is 3. The number of halogens is 6. The number of alkyl halides is 6. The first-order valence-corrected chi connectivity index (χ1v) is 16.5. The highest BCUT2D eigenvalue weighted by Gasteiger charge is 2.34. The van der Waals surface area contributed by atoms with Gasteiger partial charge in [-0.15, -0.1) is 0 Å². The SMILES string of the molecule is Cc1cc2c(cc1C(C)(C)C)=c1c(c(C3=CC=CC3)c(C)c(C(C)(C)C)c1=C(c1cccc(C(F)(F)F)c1)c1cccc(C(F)(F)F)c1)C=2. The van der Waals surface area contributed by atoms with Crippen LogP contribution in [0.25, 0.3) is 17.2 Å². The summed E-state index contributed by atoms with van der Waals surface area (Å²) in [5, 5.41) is 3.40. The van der Waals surface area contributed by atoms with Crippen molar-refractivity contribution in [1.29, 1.82) is 0 Å². The lowest BCUT2D eigenvalue weighted by Crippen LogP contribution is -2.30. The highest BCUT2D eigenvalue weighted by atomic mass is 19.4. The van der Waals surface area contributed by atoms with Crippen molar-refractivity contribution in [1.82, 2.24) is 0 Å². The second-order valence-corrected chi connectivity index (χ2v) is 15.3. The molecule has 4 aromatic rings. The van der Waals surface area contributed by atoms with Gasteiger partial charge in [0.15, 0.2) is 0 Å². The normalized spacial score (nSPS) is 14.4. The molecule has 0 fully saturated rings. The van der Waals surface area contributed by atoms with Crippen LogP contribution in [-0.2, 0) is 23.2 Å². The first-order valence-electron chi connectivity index (χ1n) is 16.5. The Hall–Kier alpha value is -4.32. The van der Waals surface area contributed by atoms with E-state index in [1.807, 2.05) is 13.0 Å². The molecule has 0 aliphatic heterocycles. The van der Waals surface area contributed by atoms with Crippen molar-refractivity contribution in [2.45, 2.75) is 85.0 Å². The summed E-state index contributed by atoms with van der Waals surface area (Å²) in [6.45, 7) is 16.7. The van der Waals surface area contributed by atoms with Crippen molar-refractivity contribution in [2.75, 3.05) is 0 Å². The van der Waals surface area contributed by atoms with E-state index in [4.69, 9.17) is 0 Å². The molecule has 0 atom stereocenters. The Kier molecular flexibility index (Phi) is 8.20. The van der Waals surface area contributed by atoms with E-state index in [0.29, 0.717) is 10.8 Å². The van der Waals surface area contributed by atoms with E-state index in [0.717, 1.165) is 85.3 Å². The molecule has 0 amide bonds. The van der Waals surface area contributed by atoms with Crippen LogP contribution in [0.3, 0.4) is 0 Å². The van der Waals surface area contributed by atoms with Gasteiger partial charge in [0, 0.05) is 0 Å². The van der Waals surface area contributed by atoms with Crippen molar-refractivity contribution >= 4 is 17.2 Å². The Bertz CT molecular complexity index is 2240. The summed E-state index contributed by atoms with van der Waals surface area (Å²) in [6.07, 6.45) is -0.198. The number of aryl methyl sites for hydroxylation is 1. The summed E-state index contributed by atoms with van der Waals surface area (Å²) in [5.74, 6) is 0. The number of hydrogen-bond donors (Lipinski definition) is 0. The number of fused-ring (bicyclic) bond motifs is 2. The van der Waals surface area contributed by atoms with Crippen LogP contribution < -0.4 is 10.4 Å². The Labute approximate surface area is 283 Å². The minimum Gasteiger partial charge on any atom is -0.166 e. The summed E-state index contributed by atoms with van der Waals surface area (Å²) >= 11 is 0. The second kappa shape index (κ2) is 11.6. The third-order valence-corrected chi connectivity index (χ3v) is 9.61. The van der Waals surface area contributed by atoms with Crippen molar-refractivity contribution in [3.63, 3.8) is 0 Å². The minimum absolute atomic E-state index is 0.201. The van der Waals surface area contributed by atoms with Gasteiger partial charge in [-0.25, -0.2) is 0 Å². The third-order valence-electron chi connectivity index (χ3n) is 9.61. The maximum Gasteiger partial charge on any atom is 0.416 e. The predicted octanol–water partition coefficient (Wildman–Crippen LogP) is 11.0. The Morgan fingerprint density at radius 3 is 1.73 bits per heavy atom. The zero-order valence-electron chi connectivity index (χ0n) is 29.1. The van der Waals surface area contributed by atoms with Crippen molar-refractivity contribution in [2.24, 2.45) is 0 Å². The van der Waals surface area contributed by atoms with Crippen LogP contribution in [0.5, 0.6) is 0 Å². The molecule has 0 aromatic heterocycles. The van der Waals surface area contributed by atoms with Crippen LogP contribution >= 0.6 is 0 Å². The lowest BCUT2D eigenvalue weighted by molar-refractivity contribution is -0.138. The summed E-state index contributed by atoms with van der Waals surface area (Å²) in [5.41, 5.74) is 5.47. The molecular weight excluding hydrogens is 630 g/mol. The van der Waals surface area contributed by atoms with E-state index in [1.54, 1.807) is 12.1 Å². The first-order chi connectivity index (χ1) is 22.7. The molecule has 2 aliphatic rings. The van der Waals surface area contributed by atoms with E-state index in [2.05, 4.69) is 78.8 Å². The Morgan fingerprint density at radius 1 is 0.694 bits per heavy atom. The standard InChI is InChI=1S/C43H40F6/c1-24-19-29-22-33-35(26-13-9-10-14-26)25(2)39(41(6,7)8)38(37(33)32(29)23-34(24)40(3,4)5)36(27-15-11-17-30(20-27)42(44,45)46)28-16-12-18-31(21-28)43(47,48)49/h9-13,15-23H,14H2,1-8H3. The molecule has 4 aromatic carbocycles. The molecule has 0 radical (unpaired) electrons. The molecular formula is C43H40F6. The van der Waals surface area contributed by atoms with Crippen molar-refractivity contribution in [3.8, 4) is 0 Å². The average Bonchev–Trinajstić information content (AvgIpc) is 3.63. The molecule has 49 heavy (non-hydrogen) atoms. The van der Waals surface area contributed by atoms with Crippen LogP contribution in [0.2, 0.25) is 0 Å². The van der Waals surface area contributed by atoms with Crippen LogP contribution in [0, 0.1) is 24.3 Å². The maximum atomic E-state index is 14.3. The quantitative estimate of drug-likeness (QED) is 0.168. The van der Waals surface area contributed by atoms with Gasteiger partial charge in [-0.2, -0.15) is 26.3 Å². The lowest BCUT2D eigenvalue weighted by Gasteiger charge is -2.28. The first kappa shape index (κ1) is 34.5. The van der Waals surface area contributed by atoms with Gasteiger partial charge in [0.1, 0.15) is 0 Å². The molecule has 0 spiro atoms. The highest BCUT2D eigenvalue weighted by Crippen LogP contribution is 2.39. The molecule has 6 rings (SSSR count). The van der Waals surface area contributed by atoms with E-state index in [-0.39, 0.29) is 16.5 Å². The smallest absolute Gasteiger partial charge is 0.166 e. The third kappa shape index (κ3) is 6.19. The number of benzene rings is 4. The number of hydrogen-bond acceptors (Lipinski definition) is 0. The van der Waals surface area contributed by atoms with Gasteiger partial charge >= 0.3 is 12.4 Å². The molecule has 0 heterocycles. The molecule has 0 unspecified atom stereocenters. The summed E-state index contributed by atoms with van der Waals surface area (Å²) in [4.78, 5) is 0. The maximum absolute atomic E-state index is 14.3. The lowest BCUT2D eigenvalue weighted by atomic mass is 9.75. The van der Waals surface area contributed by atoms with Gasteiger partial charge in [-0.05, 0) is 144 Å². The van der Waals surface area contributed by atoms with Crippen LogP contribution in [-0.4, -0.2) is 0 Å². The van der Waals surface area contributed by atoms with Crippen molar-refractivity contribution < 1.29 is 26.3 Å². The van der Waals surface area contributed by atoms with Gasteiger partial charge in [0.2, 0.25) is 0 Å². The van der Waals surface area contributed by atoms with Gasteiger partial charge in [0.25, 0.3) is 0 Å². The van der Waals surface area contributed by atoms with E-state index < -0.39 is 28.9 Å².